The third-order valence-electron chi connectivity index (χ3n) is 2.26. The summed E-state index contributed by atoms with van der Waals surface area (Å²) >= 11 is 0. The molecule has 0 fully saturated rings. The van der Waals surface area contributed by atoms with Gasteiger partial charge in [0.25, 0.3) is 0 Å². The molecule has 0 heterocycles. The Balaban J connectivity index is -0.000000301. The Labute approximate surface area is 227 Å². The van der Waals surface area contributed by atoms with Crippen LogP contribution in [0.4, 0.5) is 0 Å². The van der Waals surface area contributed by atoms with Gasteiger partial charge < -0.3 is 31.1 Å². The molecule has 0 aromatic heterocycles. The third kappa shape index (κ3) is 20.1. The van der Waals surface area contributed by atoms with E-state index in [9.17, 15) is 19.2 Å². The second-order valence-corrected chi connectivity index (χ2v) is 3.89. The molecule has 0 aliphatic carbocycles. The smallest absolute Gasteiger partial charge is 0.321 e. The molecule has 14 heteroatoms. The molecule has 118 valence electrons. The second kappa shape index (κ2) is 21.1. The van der Waals surface area contributed by atoms with Gasteiger partial charge in [-0.15, -0.1) is 0 Å². The van der Waals surface area contributed by atoms with Gasteiger partial charge in [-0.3, -0.25) is 19.2 Å². The molecule has 0 amide bonds. The number of aliphatic carboxylic acids is 4. The van der Waals surface area contributed by atoms with Crippen LogP contribution in [0.5, 0.6) is 0 Å². The van der Waals surface area contributed by atoms with Crippen molar-refractivity contribution in [3.63, 3.8) is 0 Å². The van der Waals surface area contributed by atoms with Crippen molar-refractivity contribution in [1.82, 2.24) is 10.6 Å². The third-order valence-corrected chi connectivity index (χ3v) is 2.26. The van der Waals surface area contributed by atoms with Gasteiger partial charge in [-0.05, 0) is 0 Å². The molecule has 2 atom stereocenters. The normalized spacial score (nSPS) is 11.2. The van der Waals surface area contributed by atoms with Gasteiger partial charge in [0.1, 0.15) is 12.1 Å². The Morgan fingerprint density at radius 1 is 0.625 bits per heavy atom. The molecule has 0 unspecified atom stereocenters. The van der Waals surface area contributed by atoms with Gasteiger partial charge >= 0.3 is 23.9 Å². The van der Waals surface area contributed by atoms with Crippen molar-refractivity contribution in [1.29, 1.82) is 0 Å². The van der Waals surface area contributed by atoms with Crippen LogP contribution >= 0.6 is 0 Å². The van der Waals surface area contributed by atoms with Crippen molar-refractivity contribution in [3.8, 4) is 0 Å². The Hall–Kier alpha value is 1.80. The topological polar surface area (TPSA) is 173 Å². The van der Waals surface area contributed by atoms with Crippen LogP contribution in [0, 0.1) is 0 Å². The minimum atomic E-state index is -1.34. The van der Waals surface area contributed by atoms with Crippen molar-refractivity contribution in [2.24, 2.45) is 0 Å². The van der Waals surface area contributed by atoms with E-state index in [0.717, 1.165) is 0 Å². The van der Waals surface area contributed by atoms with Gasteiger partial charge in [-0.2, -0.15) is 0 Å². The van der Waals surface area contributed by atoms with Crippen LogP contribution in [0.25, 0.3) is 0 Å². The summed E-state index contributed by atoms with van der Waals surface area (Å²) in [5, 5.41) is 39.2. The summed E-state index contributed by atoms with van der Waals surface area (Å²) in [4.78, 5) is 42.2. The van der Waals surface area contributed by atoms with Crippen molar-refractivity contribution in [2.45, 2.75) is 24.9 Å². The fourth-order valence-corrected chi connectivity index (χ4v) is 1.34. The van der Waals surface area contributed by atoms with E-state index in [1.807, 2.05) is 0 Å². The Bertz CT molecular complexity index is 363. The maximum Gasteiger partial charge on any atom is 0.321 e. The first-order valence-corrected chi connectivity index (χ1v) is 5.60. The molecule has 6 N–H and O–H groups in total. The van der Waals surface area contributed by atoms with E-state index in [-0.39, 0.29) is 131 Å². The summed E-state index contributed by atoms with van der Waals surface area (Å²) < 4.78 is 0. The zero-order valence-corrected chi connectivity index (χ0v) is 22.4. The molecule has 0 aromatic carbocycles. The average Bonchev–Trinajstić information content (AvgIpc) is 2.29. The van der Waals surface area contributed by atoms with Crippen LogP contribution in [0.2, 0.25) is 0 Å². The van der Waals surface area contributed by atoms with E-state index in [0.29, 0.717) is 0 Å². The molecule has 10 nitrogen and oxygen atoms in total. The molecule has 24 heavy (non-hydrogen) atoms. The molecule has 4 radical (unpaired) electrons. The molecule has 0 saturated heterocycles. The zero-order chi connectivity index (χ0) is 15.7. The molecule has 0 bridgehead atoms. The number of hydrogen-bond donors (Lipinski definition) is 6. The first-order chi connectivity index (χ1) is 9.23. The largest absolute Gasteiger partial charge is 0.481 e. The Kier molecular flexibility index (Phi) is 32.3. The van der Waals surface area contributed by atoms with Crippen LogP contribution in [-0.2, 0) is 19.2 Å². The maximum absolute atomic E-state index is 10.7. The summed E-state index contributed by atoms with van der Waals surface area (Å²) in [6.45, 7) is -0.0404. The predicted octanol–water partition coefficient (Wildman–Crippen LogP) is -3.50. The zero-order valence-electron chi connectivity index (χ0n) is 14.4. The van der Waals surface area contributed by atoms with Gasteiger partial charge in [-0.1, -0.05) is 0 Å². The van der Waals surface area contributed by atoms with E-state index in [1.165, 1.54) is 0 Å². The van der Waals surface area contributed by atoms with Crippen molar-refractivity contribution >= 4 is 142 Å². The molecular weight excluding hydrogens is 368 g/mol. The van der Waals surface area contributed by atoms with Gasteiger partial charge in [0.2, 0.25) is 0 Å². The number of hydrogen-bond acceptors (Lipinski definition) is 6. The molecule has 0 aromatic rings. The number of rotatable bonds is 11. The van der Waals surface area contributed by atoms with E-state index in [1.54, 1.807) is 0 Å². The van der Waals surface area contributed by atoms with Gasteiger partial charge in [0.05, 0.1) is 12.8 Å². The maximum atomic E-state index is 10.7. The number of carbonyl (C=O) groups is 4. The minimum Gasteiger partial charge on any atom is -0.481 e. The Morgan fingerprint density at radius 3 is 1.04 bits per heavy atom. The molecule has 0 aliphatic rings. The summed E-state index contributed by atoms with van der Waals surface area (Å²) in [5.74, 6) is -5.25. The van der Waals surface area contributed by atoms with E-state index in [2.05, 4.69) is 10.6 Å². The fraction of sp³-hybridized carbons (Fsp3) is 0.600. The van der Waals surface area contributed by atoms with Gasteiger partial charge in [0.15, 0.2) is 0 Å². The van der Waals surface area contributed by atoms with Crippen LogP contribution < -0.4 is 10.6 Å². The second-order valence-electron chi connectivity index (χ2n) is 3.89. The van der Waals surface area contributed by atoms with E-state index >= 15 is 0 Å². The predicted molar refractivity (Wildman–Crippen MR) is 86.4 cm³/mol. The molecule has 0 spiro atoms. The first-order valence-electron chi connectivity index (χ1n) is 5.60. The van der Waals surface area contributed by atoms with Crippen molar-refractivity contribution in [2.75, 3.05) is 13.1 Å². The van der Waals surface area contributed by atoms with Crippen LogP contribution in [0.15, 0.2) is 0 Å². The summed E-state index contributed by atoms with van der Waals surface area (Å²) in [6.07, 6.45) is -1.24. The standard InChI is InChI=1S/C10H16N2O8.4Na/c13-7(14)3-5(9(17)18)11-1-2-12-6(10(19)20)4-8(15)16;;;;/h5-6,11-12H,1-4H2,(H,13,14)(H,15,16)(H,17,18)(H,19,20);;;;/t5-,6+;;;;. The van der Waals surface area contributed by atoms with Crippen LogP contribution in [0.3, 0.4) is 0 Å². The molecule has 0 rings (SSSR count). The first kappa shape index (κ1) is 36.7. The summed E-state index contributed by atoms with van der Waals surface area (Å²) in [7, 11) is 0. The van der Waals surface area contributed by atoms with E-state index in [4.69, 9.17) is 20.4 Å². The monoisotopic (exact) mass is 384 g/mol. The van der Waals surface area contributed by atoms with Crippen molar-refractivity contribution < 1.29 is 39.6 Å². The summed E-state index contributed by atoms with van der Waals surface area (Å²) in [6, 6.07) is -2.59. The summed E-state index contributed by atoms with van der Waals surface area (Å²) in [5.41, 5.74) is 0. The SMILES string of the molecule is O=C(O)C[C@H](NCCN[C@H](CC(=O)O)C(=O)O)C(=O)O.[Na].[Na].[Na].[Na]. The van der Waals surface area contributed by atoms with Gasteiger partial charge in [-0.25, -0.2) is 0 Å². The number of nitrogens with one attached hydrogen (secondary N) is 2. The molecule has 0 aliphatic heterocycles. The number of carboxylic acid groups (broad SMARTS) is 4. The minimum absolute atomic E-state index is 0. The Morgan fingerprint density at radius 2 is 0.875 bits per heavy atom. The number of carboxylic acids is 4. The van der Waals surface area contributed by atoms with E-state index < -0.39 is 48.8 Å². The van der Waals surface area contributed by atoms with Gasteiger partial charge in [0, 0.05) is 131 Å². The quantitative estimate of drug-likeness (QED) is 0.155. The average molecular weight is 384 g/mol. The van der Waals surface area contributed by atoms with Crippen LogP contribution in [0.1, 0.15) is 12.8 Å². The van der Waals surface area contributed by atoms with Crippen molar-refractivity contribution in [3.05, 3.63) is 0 Å². The fourth-order valence-electron chi connectivity index (χ4n) is 1.34. The molecular formula is C10H16N2Na4O8. The molecule has 0 saturated carbocycles. The van der Waals surface area contributed by atoms with Crippen LogP contribution in [-0.4, -0.2) is 188 Å².